The highest BCUT2D eigenvalue weighted by Gasteiger charge is 2.54. The van der Waals surface area contributed by atoms with Crippen LogP contribution in [0.2, 0.25) is 10.0 Å². The molecule has 42 heteroatoms. The molecule has 6 aromatic rings. The van der Waals surface area contributed by atoms with Crippen molar-refractivity contribution >= 4 is 92.8 Å². The normalized spacial score (nSPS) is 25.7. The molecular formula is C84H93Cl2N9O30S. The number of aliphatic hydroxyl groups excluding tert-OH is 5. The highest BCUT2D eigenvalue weighted by atomic mass is 35.5. The van der Waals surface area contributed by atoms with Gasteiger partial charge in [-0.3, -0.25) is 42.6 Å². The van der Waals surface area contributed by atoms with E-state index in [0.717, 1.165) is 89.8 Å². The van der Waals surface area contributed by atoms with Gasteiger partial charge in [-0.15, -0.1) is 0 Å². The molecule has 7 aliphatic heterocycles. The van der Waals surface area contributed by atoms with E-state index in [0.29, 0.717) is 5.56 Å². The Hall–Kier alpha value is -12.2. The van der Waals surface area contributed by atoms with E-state index in [-0.39, 0.29) is 41.6 Å². The molecule has 0 spiro atoms. The third-order valence-electron chi connectivity index (χ3n) is 21.0. The van der Waals surface area contributed by atoms with E-state index < -0.39 is 289 Å². The van der Waals surface area contributed by atoms with E-state index in [1.54, 1.807) is 20.8 Å². The van der Waals surface area contributed by atoms with Crippen molar-refractivity contribution in [3.8, 4) is 57.1 Å². The van der Waals surface area contributed by atoms with Crippen LogP contribution in [0.4, 0.5) is 9.59 Å². The topological polar surface area (TPSA) is 572 Å². The molecule has 6 aromatic carbocycles. The number of aromatic hydroxyl groups is 3. The first-order valence-corrected chi connectivity index (χ1v) is 41.2. The van der Waals surface area contributed by atoms with Crippen LogP contribution in [0.25, 0.3) is 11.1 Å². The molecule has 7 aliphatic rings. The number of benzene rings is 6. The molecule has 0 unspecified atom stereocenters. The van der Waals surface area contributed by atoms with Gasteiger partial charge < -0.3 is 126 Å². The van der Waals surface area contributed by atoms with Gasteiger partial charge in [0.1, 0.15) is 121 Å². The predicted molar refractivity (Wildman–Crippen MR) is 441 cm³/mol. The van der Waals surface area contributed by atoms with Crippen LogP contribution in [0.5, 0.6) is 46.0 Å². The number of esters is 1. The van der Waals surface area contributed by atoms with Crippen molar-refractivity contribution in [3.05, 3.63) is 185 Å². The Morgan fingerprint density at radius 2 is 1.28 bits per heavy atom. The summed E-state index contributed by atoms with van der Waals surface area (Å²) in [5.74, 6) is -17.1. The Balaban J connectivity index is 1.17. The third-order valence-corrected chi connectivity index (χ3v) is 22.9. The molecule has 7 heterocycles. The van der Waals surface area contributed by atoms with Gasteiger partial charge in [0.05, 0.1) is 39.6 Å². The molecule has 0 saturated carbocycles. The van der Waals surface area contributed by atoms with E-state index in [4.69, 9.17) is 75.8 Å². The lowest BCUT2D eigenvalue weighted by Crippen LogP contribution is -2.66. The molecule has 674 valence electrons. The summed E-state index contributed by atoms with van der Waals surface area (Å²) in [7, 11) is -3.56. The van der Waals surface area contributed by atoms with Gasteiger partial charge in [-0.05, 0) is 122 Å². The maximum Gasteiger partial charge on any atom is 0.410 e. The molecule has 11 bridgehead atoms. The van der Waals surface area contributed by atoms with Crippen LogP contribution < -0.4 is 57.2 Å². The van der Waals surface area contributed by atoms with E-state index in [2.05, 4.69) is 57.0 Å². The number of phenols is 3. The minimum atomic E-state index is -4.77. The number of nitrogens with one attached hydrogen (secondary N) is 7. The summed E-state index contributed by atoms with van der Waals surface area (Å²) in [6, 6.07) is 3.21. The first-order chi connectivity index (χ1) is 59.6. The van der Waals surface area contributed by atoms with Crippen molar-refractivity contribution in [2.24, 2.45) is 11.7 Å². The number of carbonyl (C=O) groups is 10. The molecule has 126 heavy (non-hydrogen) atoms. The Kier molecular flexibility index (Phi) is 30.0. The Morgan fingerprint density at radius 1 is 0.683 bits per heavy atom. The van der Waals surface area contributed by atoms with Crippen molar-refractivity contribution in [2.75, 3.05) is 33.5 Å². The number of phenolic OH excluding ortho intramolecular Hbond substituents is 3. The van der Waals surface area contributed by atoms with Crippen LogP contribution in [0, 0.1) is 12.8 Å². The summed E-state index contributed by atoms with van der Waals surface area (Å²) in [5, 5.41) is 113. The van der Waals surface area contributed by atoms with Gasteiger partial charge in [-0.25, -0.2) is 14.4 Å². The van der Waals surface area contributed by atoms with Gasteiger partial charge in [-0.1, -0.05) is 111 Å². The molecule has 39 nitrogen and oxygen atoms in total. The maximum absolute atomic E-state index is 16.5. The number of likely N-dealkylation sites (N-methyl/N-ethyl adjacent to an activating group) is 1. The predicted octanol–water partition coefficient (Wildman–Crippen LogP) is 4.46. The van der Waals surface area contributed by atoms with Crippen molar-refractivity contribution in [2.45, 2.75) is 168 Å². The molecule has 9 amide bonds. The average Bonchev–Trinajstić information content (AvgIpc) is 0.764. The summed E-state index contributed by atoms with van der Waals surface area (Å²) in [4.78, 5) is 149. The van der Waals surface area contributed by atoms with Crippen LogP contribution in [-0.4, -0.2) is 226 Å². The number of aliphatic hydroxyl groups is 5. The number of fused-ring (bicyclic) bond motifs is 15. The molecule has 0 radical (unpaired) electrons. The molecular weight excluding hydrogens is 1720 g/mol. The van der Waals surface area contributed by atoms with Gasteiger partial charge in [-0.2, -0.15) is 8.42 Å². The number of hydrogen-bond acceptors (Lipinski definition) is 30. The van der Waals surface area contributed by atoms with Gasteiger partial charge in [0.25, 0.3) is 10.1 Å². The van der Waals surface area contributed by atoms with Crippen LogP contribution in [-0.2, 0) is 81.1 Å². The largest absolute Gasteiger partial charge is 0.508 e. The zero-order chi connectivity index (χ0) is 91.8. The van der Waals surface area contributed by atoms with E-state index >= 15 is 24.0 Å². The van der Waals surface area contributed by atoms with Crippen LogP contribution in [0.15, 0.2) is 146 Å². The Bertz CT molecular complexity index is 5340. The molecule has 13 rings (SSSR count). The van der Waals surface area contributed by atoms with Crippen molar-refractivity contribution in [1.82, 2.24) is 42.1 Å². The minimum Gasteiger partial charge on any atom is -0.508 e. The van der Waals surface area contributed by atoms with E-state index in [9.17, 15) is 73.2 Å². The van der Waals surface area contributed by atoms with E-state index in [1.165, 1.54) is 57.3 Å². The lowest BCUT2D eigenvalue weighted by Gasteiger charge is -2.48. The Labute approximate surface area is 730 Å². The van der Waals surface area contributed by atoms with Crippen molar-refractivity contribution in [3.63, 3.8) is 0 Å². The fourth-order valence-corrected chi connectivity index (χ4v) is 15.9. The first kappa shape index (κ1) is 94.5. The number of amides is 9. The highest BCUT2D eigenvalue weighted by molar-refractivity contribution is 7.86. The fourth-order valence-electron chi connectivity index (χ4n) is 14.5. The maximum atomic E-state index is 16.5. The highest BCUT2D eigenvalue weighted by Crippen LogP contribution is 2.50. The number of aryl methyl sites for hydroxylation is 1. The van der Waals surface area contributed by atoms with Gasteiger partial charge >= 0.3 is 18.2 Å². The quantitative estimate of drug-likeness (QED) is 0.0182. The number of hydrogen-bond donors (Lipinski definition) is 16. The number of alkyl carbamates (subject to hydrolysis) is 1. The first-order valence-electron chi connectivity index (χ1n) is 39.1. The van der Waals surface area contributed by atoms with Gasteiger partial charge in [0.15, 0.2) is 29.9 Å². The zero-order valence-electron chi connectivity index (χ0n) is 68.3. The lowest BCUT2D eigenvalue weighted by molar-refractivity contribution is -0.333. The van der Waals surface area contributed by atoms with Gasteiger partial charge in [0.2, 0.25) is 53.4 Å². The number of nitrogens with two attached hydrogens (primary N) is 1. The van der Waals surface area contributed by atoms with Crippen molar-refractivity contribution < 1.29 is 144 Å². The second kappa shape index (κ2) is 40.0. The summed E-state index contributed by atoms with van der Waals surface area (Å²) < 4.78 is 88.8. The van der Waals surface area contributed by atoms with Crippen LogP contribution in [0.3, 0.4) is 0 Å². The number of carbonyl (C=O) groups excluding carboxylic acids is 10. The lowest BCUT2D eigenvalue weighted by atomic mass is 9.85. The number of halogens is 2. The standard InChI is InChI=1S/C84H93Cl2N9O30S/c1-10-23-116-80(111)64-47-32-44(96)33-53(98)61(47)46-27-40(15-20-52(46)97)62-76(107)93-66(79(110)91-64)68(101)42-17-22-55(49(86)29-42)122-57-31-43-30-56(71(57)125-81-72(124-60-35-84(8,73(104)39(7)120-60)94-82(112)117-24-11-2)70(103)69(102)58(123-81)36-119-126(114,115)45-18-13-38(6)14-19-45)121-54-21-16-41(28-48(54)85)67(100)65(92-75(106)51(26-37(4)5)95(9)83(113)118-25-12-3)78(109)88-50(34-59(87)99)74(105)89-63(43)77(108)90-62/h10-22,27-33,37,39,50-51,58,60,62-70,72-73,81,96-98,100-104H,1-3,23-26,34-36H2,4-9H3,(H2,87,99)(H,88,109)(H,89,105)(H,90,108)(H,91,110)(H,92,106)(H,93,107)(H,94,112)/t39-,50-,51+,58+,60-,62+,63+,64+,65+,66-,67+,68+,69+,70-,72+,73+,81-,84-/m0/s1. The third kappa shape index (κ3) is 21.5. The van der Waals surface area contributed by atoms with Crippen LogP contribution >= 0.6 is 23.2 Å². The molecule has 0 aliphatic carbocycles. The number of rotatable bonds is 23. The zero-order valence-corrected chi connectivity index (χ0v) is 70.6. The Morgan fingerprint density at radius 3 is 1.90 bits per heavy atom. The summed E-state index contributed by atoms with van der Waals surface area (Å²) >= 11 is 14.4. The minimum absolute atomic E-state index is 0.113. The summed E-state index contributed by atoms with van der Waals surface area (Å²) in [5.41, 5.74) is 1.68. The molecule has 0 aromatic heterocycles. The number of primary amides is 1. The fraction of sp³-hybridized carbons (Fsp3) is 0.381. The smallest absolute Gasteiger partial charge is 0.410 e. The van der Waals surface area contributed by atoms with Crippen LogP contribution in [0.1, 0.15) is 111 Å². The second-order valence-corrected chi connectivity index (χ2v) is 33.2. The molecule has 18 atom stereocenters. The van der Waals surface area contributed by atoms with Crippen molar-refractivity contribution in [1.29, 1.82) is 0 Å². The second-order valence-electron chi connectivity index (χ2n) is 30.7. The molecule has 17 N–H and O–H groups in total. The molecule has 2 fully saturated rings. The van der Waals surface area contributed by atoms with Gasteiger partial charge in [0, 0.05) is 36.2 Å². The molecule has 2 saturated heterocycles. The summed E-state index contributed by atoms with van der Waals surface area (Å²) in [6.07, 6.45) is -20.3. The number of nitrogens with zero attached hydrogens (tertiary/aromatic N) is 1. The number of ether oxygens (including phenoxy) is 9. The van der Waals surface area contributed by atoms with E-state index in [1.807, 2.05) is 0 Å². The monoisotopic (exact) mass is 1810 g/mol. The summed E-state index contributed by atoms with van der Waals surface area (Å²) in [6.45, 7) is 16.3. The average molecular weight is 1810 g/mol. The SMILES string of the molecule is C=CCOC(=O)N[C@@]1(C)C[C@H](O[C@H]2[C@H](Oc3c4cc5cc3Oc3ccc(cc3Cl)[C@@H](O)[C@@H](NC(=O)[C@@H](CC(C)C)N(C)C(=O)OCC=C)C(=O)N[C@@H](CC(N)=O)C(=O)N[C@H]5C(=O)N[C@H]3C(=O)N[C@H](C(=O)N[C@@H](C(=O)OCC=C)c5cc(O)cc(O)c5-c5cc3ccc5O)[C@H](O)c3ccc(c(Cl)c3)O4)O[C@H](COS(=O)(=O)c3ccc(C)cc3)[C@@H](O)[C@@H]2O)O[C@@H](C)[C@H]1O.